The molecule has 26 heavy (non-hydrogen) atoms. The number of unbranched alkanes of at least 4 members (excludes halogenated alkanes) is 1. The number of carboxylic acids is 1. The van der Waals surface area contributed by atoms with Crippen LogP contribution in [0.25, 0.3) is 0 Å². The van der Waals surface area contributed by atoms with Crippen LogP contribution in [0.2, 0.25) is 0 Å². The van der Waals surface area contributed by atoms with E-state index in [0.29, 0.717) is 19.5 Å². The van der Waals surface area contributed by atoms with Crippen molar-refractivity contribution >= 4 is 17.8 Å². The molecule has 2 amide bonds. The van der Waals surface area contributed by atoms with E-state index < -0.39 is 12.0 Å². The largest absolute Gasteiger partial charge is 0.481 e. The fraction of sp³-hybridized carbons (Fsp3) is 0.850. The van der Waals surface area contributed by atoms with Crippen LogP contribution in [0.1, 0.15) is 73.6 Å². The van der Waals surface area contributed by atoms with Crippen LogP contribution in [0.5, 0.6) is 0 Å². The molecule has 0 rings (SSSR count). The summed E-state index contributed by atoms with van der Waals surface area (Å²) in [6.45, 7) is 13.2. The van der Waals surface area contributed by atoms with Crippen LogP contribution in [-0.2, 0) is 14.4 Å². The van der Waals surface area contributed by atoms with Gasteiger partial charge in [0.05, 0.1) is 6.42 Å². The fourth-order valence-corrected chi connectivity index (χ4v) is 2.99. The molecule has 0 aromatic rings. The highest BCUT2D eigenvalue weighted by Gasteiger charge is 2.30. The van der Waals surface area contributed by atoms with Crippen LogP contribution in [0.3, 0.4) is 0 Å². The average molecular weight is 371 g/mol. The van der Waals surface area contributed by atoms with Crippen molar-refractivity contribution in [1.82, 2.24) is 10.2 Å². The number of aliphatic carboxylic acids is 1. The second kappa shape index (κ2) is 12.7. The number of hydrogen-bond donors (Lipinski definition) is 2. The molecule has 6 nitrogen and oxygen atoms in total. The molecule has 0 aliphatic rings. The van der Waals surface area contributed by atoms with Crippen LogP contribution < -0.4 is 5.32 Å². The Morgan fingerprint density at radius 3 is 1.92 bits per heavy atom. The third-order valence-corrected chi connectivity index (χ3v) is 4.25. The molecule has 2 N–H and O–H groups in total. The van der Waals surface area contributed by atoms with E-state index in [1.807, 2.05) is 34.6 Å². The summed E-state index contributed by atoms with van der Waals surface area (Å²) in [4.78, 5) is 38.5. The lowest BCUT2D eigenvalue weighted by Gasteiger charge is -2.30. The molecular weight excluding hydrogens is 332 g/mol. The lowest BCUT2D eigenvalue weighted by atomic mass is 9.97. The molecule has 0 aromatic carbocycles. The van der Waals surface area contributed by atoms with E-state index in [-0.39, 0.29) is 36.0 Å². The molecule has 0 aromatic heterocycles. The second-order valence-corrected chi connectivity index (χ2v) is 7.94. The van der Waals surface area contributed by atoms with E-state index in [2.05, 4.69) is 12.2 Å². The molecule has 0 saturated carbocycles. The Hall–Kier alpha value is -1.59. The SMILES string of the molecule is CCCCC(CC)C(=O)N[C@@H](CC(=O)O)C(=O)N(CC(C)C)CC(C)C. The van der Waals surface area contributed by atoms with Crippen molar-refractivity contribution in [3.8, 4) is 0 Å². The van der Waals surface area contributed by atoms with Gasteiger partial charge in [0.1, 0.15) is 6.04 Å². The highest BCUT2D eigenvalue weighted by molar-refractivity contribution is 5.91. The molecule has 0 fully saturated rings. The number of carbonyl (C=O) groups excluding carboxylic acids is 2. The zero-order chi connectivity index (χ0) is 20.3. The quantitative estimate of drug-likeness (QED) is 0.521. The molecule has 0 heterocycles. The summed E-state index contributed by atoms with van der Waals surface area (Å²) >= 11 is 0. The van der Waals surface area contributed by atoms with E-state index >= 15 is 0 Å². The Labute approximate surface area is 158 Å². The van der Waals surface area contributed by atoms with Crippen LogP contribution in [0.15, 0.2) is 0 Å². The van der Waals surface area contributed by atoms with Gasteiger partial charge >= 0.3 is 5.97 Å². The predicted molar refractivity (Wildman–Crippen MR) is 104 cm³/mol. The predicted octanol–water partition coefficient (Wildman–Crippen LogP) is 3.30. The number of carbonyl (C=O) groups is 3. The van der Waals surface area contributed by atoms with Crippen LogP contribution in [0, 0.1) is 17.8 Å². The maximum Gasteiger partial charge on any atom is 0.305 e. The number of nitrogens with one attached hydrogen (secondary N) is 1. The minimum Gasteiger partial charge on any atom is -0.481 e. The molecule has 6 heteroatoms. The maximum atomic E-state index is 13.0. The van der Waals surface area contributed by atoms with Crippen molar-refractivity contribution in [3.63, 3.8) is 0 Å². The van der Waals surface area contributed by atoms with Gasteiger partial charge in [0.15, 0.2) is 0 Å². The standard InChI is InChI=1S/C20H38N2O4/c1-7-9-10-16(8-2)19(25)21-17(11-18(23)24)20(26)22(12-14(3)4)13-15(5)6/h14-17H,7-13H2,1-6H3,(H,21,25)(H,23,24)/t16?,17-/m0/s1. The number of amides is 2. The normalized spacial score (nSPS) is 13.5. The molecule has 152 valence electrons. The third kappa shape index (κ3) is 9.78. The minimum absolute atomic E-state index is 0.178. The van der Waals surface area contributed by atoms with Gasteiger partial charge < -0.3 is 15.3 Å². The Balaban J connectivity index is 5.26. The van der Waals surface area contributed by atoms with Gasteiger partial charge in [-0.25, -0.2) is 0 Å². The van der Waals surface area contributed by atoms with E-state index in [0.717, 1.165) is 19.3 Å². The molecular formula is C20H38N2O4. The van der Waals surface area contributed by atoms with Crippen LogP contribution in [-0.4, -0.2) is 46.9 Å². The van der Waals surface area contributed by atoms with Gasteiger partial charge in [-0.3, -0.25) is 14.4 Å². The third-order valence-electron chi connectivity index (χ3n) is 4.25. The van der Waals surface area contributed by atoms with Gasteiger partial charge in [-0.15, -0.1) is 0 Å². The topological polar surface area (TPSA) is 86.7 Å². The smallest absolute Gasteiger partial charge is 0.305 e. The Morgan fingerprint density at radius 2 is 1.54 bits per heavy atom. The van der Waals surface area contributed by atoms with Crippen LogP contribution in [0.4, 0.5) is 0 Å². The van der Waals surface area contributed by atoms with Crippen molar-refractivity contribution in [2.24, 2.45) is 17.8 Å². The summed E-state index contributed by atoms with van der Waals surface area (Å²) in [5.41, 5.74) is 0. The van der Waals surface area contributed by atoms with Gasteiger partial charge in [-0.2, -0.15) is 0 Å². The molecule has 0 aliphatic heterocycles. The summed E-state index contributed by atoms with van der Waals surface area (Å²) in [5, 5.41) is 11.9. The second-order valence-electron chi connectivity index (χ2n) is 7.94. The van der Waals surface area contributed by atoms with Crippen molar-refractivity contribution in [2.45, 2.75) is 79.7 Å². The minimum atomic E-state index is -1.08. The lowest BCUT2D eigenvalue weighted by molar-refractivity contribution is -0.144. The van der Waals surface area contributed by atoms with E-state index in [1.54, 1.807) is 4.90 Å². The molecule has 0 aliphatic carbocycles. The van der Waals surface area contributed by atoms with Gasteiger partial charge in [-0.05, 0) is 24.7 Å². The summed E-state index contributed by atoms with van der Waals surface area (Å²) in [6, 6.07) is -1.01. The summed E-state index contributed by atoms with van der Waals surface area (Å²) in [5.74, 6) is -1.23. The number of hydrogen-bond acceptors (Lipinski definition) is 3. The lowest BCUT2D eigenvalue weighted by Crippen LogP contribution is -2.52. The first kappa shape index (κ1) is 24.4. The molecule has 0 bridgehead atoms. The summed E-state index contributed by atoms with van der Waals surface area (Å²) in [7, 11) is 0. The molecule has 0 radical (unpaired) electrons. The molecule has 0 spiro atoms. The molecule has 0 saturated heterocycles. The number of nitrogens with zero attached hydrogens (tertiary/aromatic N) is 1. The Bertz CT molecular complexity index is 439. The van der Waals surface area contributed by atoms with E-state index in [1.165, 1.54) is 0 Å². The van der Waals surface area contributed by atoms with Crippen molar-refractivity contribution in [2.75, 3.05) is 13.1 Å². The Morgan fingerprint density at radius 1 is 1.00 bits per heavy atom. The monoisotopic (exact) mass is 370 g/mol. The van der Waals surface area contributed by atoms with Crippen molar-refractivity contribution < 1.29 is 19.5 Å². The summed E-state index contributed by atoms with van der Waals surface area (Å²) < 4.78 is 0. The van der Waals surface area contributed by atoms with Crippen LogP contribution >= 0.6 is 0 Å². The highest BCUT2D eigenvalue weighted by atomic mass is 16.4. The van der Waals surface area contributed by atoms with Crippen molar-refractivity contribution in [1.29, 1.82) is 0 Å². The van der Waals surface area contributed by atoms with Crippen molar-refractivity contribution in [3.05, 3.63) is 0 Å². The molecule has 1 unspecified atom stereocenters. The van der Waals surface area contributed by atoms with E-state index in [4.69, 9.17) is 0 Å². The zero-order valence-electron chi connectivity index (χ0n) is 17.4. The van der Waals surface area contributed by atoms with Gasteiger partial charge in [0, 0.05) is 19.0 Å². The first-order chi connectivity index (χ1) is 12.1. The summed E-state index contributed by atoms with van der Waals surface area (Å²) in [6.07, 6.45) is 2.99. The van der Waals surface area contributed by atoms with E-state index in [9.17, 15) is 19.5 Å². The Kier molecular flexibility index (Phi) is 11.9. The number of rotatable bonds is 13. The fourth-order valence-electron chi connectivity index (χ4n) is 2.99. The maximum absolute atomic E-state index is 13.0. The van der Waals surface area contributed by atoms with Gasteiger partial charge in [-0.1, -0.05) is 54.4 Å². The first-order valence-electron chi connectivity index (χ1n) is 9.93. The molecule has 2 atom stereocenters. The highest BCUT2D eigenvalue weighted by Crippen LogP contribution is 2.14. The first-order valence-corrected chi connectivity index (χ1v) is 9.93. The van der Waals surface area contributed by atoms with Gasteiger partial charge in [0.25, 0.3) is 0 Å². The number of carboxylic acid groups (broad SMARTS) is 1. The zero-order valence-corrected chi connectivity index (χ0v) is 17.4. The van der Waals surface area contributed by atoms with Gasteiger partial charge in [0.2, 0.25) is 11.8 Å². The average Bonchev–Trinajstić information content (AvgIpc) is 2.52.